The van der Waals surface area contributed by atoms with Crippen LogP contribution in [0.2, 0.25) is 0 Å². The highest BCUT2D eigenvalue weighted by Crippen LogP contribution is 2.43. The summed E-state index contributed by atoms with van der Waals surface area (Å²) in [5, 5.41) is 13.4. The van der Waals surface area contributed by atoms with Crippen molar-refractivity contribution in [2.75, 3.05) is 11.4 Å². The number of ketones is 1. The molecule has 0 unspecified atom stereocenters. The molecule has 144 valence electrons. The fraction of sp³-hybridized carbons (Fsp3) is 0.200. The summed E-state index contributed by atoms with van der Waals surface area (Å²) in [6.07, 6.45) is 3.30. The van der Waals surface area contributed by atoms with Crippen LogP contribution in [0.1, 0.15) is 33.5 Å². The maximum atomic E-state index is 13.3. The molecule has 0 saturated heterocycles. The normalized spacial score (nSPS) is 19.6. The number of hydrogen-bond acceptors (Lipinski definition) is 3. The zero-order chi connectivity index (χ0) is 20.2. The van der Waals surface area contributed by atoms with Gasteiger partial charge in [-0.2, -0.15) is 0 Å². The summed E-state index contributed by atoms with van der Waals surface area (Å²) in [5.74, 6) is -0.704. The molecular weight excluding hydrogens is 362 g/mol. The van der Waals surface area contributed by atoms with Crippen LogP contribution >= 0.6 is 0 Å². The molecule has 1 amide bonds. The van der Waals surface area contributed by atoms with E-state index < -0.39 is 11.5 Å². The van der Waals surface area contributed by atoms with Crippen LogP contribution in [0.25, 0.3) is 10.8 Å². The summed E-state index contributed by atoms with van der Waals surface area (Å²) < 4.78 is 0. The number of carbonyl (C=O) groups excluding carboxylic acids is 2. The zero-order valence-electron chi connectivity index (χ0n) is 16.0. The molecule has 2 aliphatic rings. The number of fused-ring (bicyclic) bond motifs is 1. The second-order valence-electron chi connectivity index (χ2n) is 7.79. The molecule has 1 heterocycles. The number of amides is 1. The fourth-order valence-corrected chi connectivity index (χ4v) is 4.81. The highest BCUT2D eigenvalue weighted by Gasteiger charge is 2.50. The number of carbonyl (C=O) groups is 2. The largest absolute Gasteiger partial charge is 0.375 e. The van der Waals surface area contributed by atoms with Crippen molar-refractivity contribution in [3.63, 3.8) is 0 Å². The van der Waals surface area contributed by atoms with Crippen molar-refractivity contribution >= 4 is 28.2 Å². The predicted octanol–water partition coefficient (Wildman–Crippen LogP) is 3.93. The third kappa shape index (κ3) is 2.49. The van der Waals surface area contributed by atoms with E-state index in [-0.39, 0.29) is 18.7 Å². The third-order valence-electron chi connectivity index (χ3n) is 6.14. The lowest BCUT2D eigenvalue weighted by atomic mass is 9.86. The average Bonchev–Trinajstić information content (AvgIpc) is 3.24. The van der Waals surface area contributed by atoms with Crippen LogP contribution in [0.4, 0.5) is 5.69 Å². The topological polar surface area (TPSA) is 57.6 Å². The van der Waals surface area contributed by atoms with E-state index in [1.807, 2.05) is 30.3 Å². The molecule has 3 aromatic rings. The van der Waals surface area contributed by atoms with E-state index in [4.69, 9.17) is 0 Å². The van der Waals surface area contributed by atoms with Gasteiger partial charge in [-0.3, -0.25) is 9.59 Å². The predicted molar refractivity (Wildman–Crippen MR) is 113 cm³/mol. The Labute approximate surface area is 169 Å². The molecular formula is C25H21NO3. The van der Waals surface area contributed by atoms with Crippen LogP contribution in [0, 0.1) is 0 Å². The highest BCUT2D eigenvalue weighted by molar-refractivity contribution is 6.14. The van der Waals surface area contributed by atoms with Gasteiger partial charge in [-0.05, 0) is 40.8 Å². The van der Waals surface area contributed by atoms with Crippen molar-refractivity contribution in [2.24, 2.45) is 0 Å². The first kappa shape index (κ1) is 17.8. The molecule has 1 atom stereocenters. The van der Waals surface area contributed by atoms with Gasteiger partial charge in [0.05, 0.1) is 12.1 Å². The monoisotopic (exact) mass is 383 g/mol. The lowest BCUT2D eigenvalue weighted by Gasteiger charge is -2.22. The first-order valence-electron chi connectivity index (χ1n) is 9.86. The molecule has 0 spiro atoms. The molecule has 3 aromatic carbocycles. The molecule has 0 fully saturated rings. The zero-order valence-corrected chi connectivity index (χ0v) is 16.0. The molecule has 4 nitrogen and oxygen atoms in total. The highest BCUT2D eigenvalue weighted by atomic mass is 16.3. The maximum absolute atomic E-state index is 13.3. The van der Waals surface area contributed by atoms with E-state index in [2.05, 4.69) is 12.6 Å². The van der Waals surface area contributed by atoms with E-state index in [0.29, 0.717) is 16.8 Å². The van der Waals surface area contributed by atoms with Crippen LogP contribution in [-0.2, 0) is 23.2 Å². The maximum Gasteiger partial charge on any atom is 0.264 e. The molecule has 1 aliphatic heterocycles. The number of rotatable bonds is 5. The van der Waals surface area contributed by atoms with Crippen LogP contribution < -0.4 is 4.90 Å². The Balaban J connectivity index is 1.57. The van der Waals surface area contributed by atoms with Crippen LogP contribution in [-0.4, -0.2) is 23.3 Å². The van der Waals surface area contributed by atoms with Gasteiger partial charge in [0, 0.05) is 17.7 Å². The summed E-state index contributed by atoms with van der Waals surface area (Å²) >= 11 is 0. The van der Waals surface area contributed by atoms with E-state index in [1.54, 1.807) is 24.3 Å². The molecule has 1 aliphatic carbocycles. The van der Waals surface area contributed by atoms with E-state index >= 15 is 0 Å². The first-order valence-corrected chi connectivity index (χ1v) is 9.86. The van der Waals surface area contributed by atoms with E-state index in [9.17, 15) is 14.7 Å². The second-order valence-corrected chi connectivity index (χ2v) is 7.79. The summed E-state index contributed by atoms with van der Waals surface area (Å²) in [7, 11) is 0. The number of hydrogen-bond donors (Lipinski definition) is 1. The van der Waals surface area contributed by atoms with Crippen LogP contribution in [0.5, 0.6) is 0 Å². The number of para-hydroxylation sites is 1. The van der Waals surface area contributed by atoms with Gasteiger partial charge in [-0.25, -0.2) is 0 Å². The third-order valence-corrected chi connectivity index (χ3v) is 6.14. The molecule has 29 heavy (non-hydrogen) atoms. The Morgan fingerprint density at radius 1 is 1.07 bits per heavy atom. The molecule has 0 radical (unpaired) electrons. The Hall–Kier alpha value is -3.24. The van der Waals surface area contributed by atoms with Crippen molar-refractivity contribution in [2.45, 2.75) is 24.9 Å². The quantitative estimate of drug-likeness (QED) is 0.536. The molecule has 4 heteroatoms. The lowest BCUT2D eigenvalue weighted by Crippen LogP contribution is -2.41. The number of benzene rings is 3. The Morgan fingerprint density at radius 2 is 1.83 bits per heavy atom. The SMILES string of the molecule is C=CCN1C(=O)[C@](O)(CC(=O)c2ccc3c4c(cccc24)CC3)c2ccccc21. The first-order chi connectivity index (χ1) is 14.0. The van der Waals surface area contributed by atoms with E-state index in [1.165, 1.54) is 16.0 Å². The Bertz CT molecular complexity index is 1190. The summed E-state index contributed by atoms with van der Waals surface area (Å²) in [5.41, 5.74) is 2.32. The van der Waals surface area contributed by atoms with Gasteiger partial charge < -0.3 is 10.0 Å². The summed E-state index contributed by atoms with van der Waals surface area (Å²) in [6.45, 7) is 3.99. The van der Waals surface area contributed by atoms with Gasteiger partial charge in [0.1, 0.15) is 0 Å². The van der Waals surface area contributed by atoms with Gasteiger partial charge in [0.2, 0.25) is 0 Å². The molecule has 5 rings (SSSR count). The molecule has 0 bridgehead atoms. The standard InChI is InChI=1S/C25H21NO3/c1-2-14-26-21-9-4-3-8-20(21)25(29,24(26)28)15-22(27)18-13-12-17-11-10-16-6-5-7-19(18)23(16)17/h2-9,12-13,29H,1,10-11,14-15H2/t25-/m0/s1. The van der Waals surface area contributed by atoms with Gasteiger partial charge >= 0.3 is 0 Å². The summed E-state index contributed by atoms with van der Waals surface area (Å²) in [6, 6.07) is 17.0. The number of aliphatic hydroxyl groups is 1. The second kappa shape index (κ2) is 6.39. The number of anilines is 1. The van der Waals surface area contributed by atoms with Crippen LogP contribution in [0.15, 0.2) is 67.3 Å². The molecule has 1 N–H and O–H groups in total. The van der Waals surface area contributed by atoms with Crippen molar-refractivity contribution < 1.29 is 14.7 Å². The van der Waals surface area contributed by atoms with Crippen LogP contribution in [0.3, 0.4) is 0 Å². The fourth-order valence-electron chi connectivity index (χ4n) is 4.81. The van der Waals surface area contributed by atoms with Crippen molar-refractivity contribution in [3.05, 3.63) is 89.5 Å². The smallest absolute Gasteiger partial charge is 0.264 e. The average molecular weight is 383 g/mol. The number of Topliss-reactive ketones (excluding diaryl/α,β-unsaturated/α-hetero) is 1. The van der Waals surface area contributed by atoms with E-state index in [0.717, 1.165) is 23.6 Å². The van der Waals surface area contributed by atoms with Gasteiger partial charge in [-0.1, -0.05) is 54.6 Å². The minimum atomic E-state index is -1.86. The number of aryl methyl sites for hydroxylation is 2. The minimum Gasteiger partial charge on any atom is -0.375 e. The molecule has 0 saturated carbocycles. The number of nitrogens with zero attached hydrogens (tertiary/aromatic N) is 1. The Morgan fingerprint density at radius 3 is 2.62 bits per heavy atom. The van der Waals surface area contributed by atoms with Gasteiger partial charge in [0.15, 0.2) is 11.4 Å². The minimum absolute atomic E-state index is 0.230. The van der Waals surface area contributed by atoms with Gasteiger partial charge in [-0.15, -0.1) is 6.58 Å². The van der Waals surface area contributed by atoms with Gasteiger partial charge in [0.25, 0.3) is 5.91 Å². The van der Waals surface area contributed by atoms with Crippen molar-refractivity contribution in [3.8, 4) is 0 Å². The summed E-state index contributed by atoms with van der Waals surface area (Å²) in [4.78, 5) is 27.9. The Kier molecular flexibility index (Phi) is 3.93. The van der Waals surface area contributed by atoms with Crippen molar-refractivity contribution in [1.82, 2.24) is 0 Å². The molecule has 0 aromatic heterocycles. The van der Waals surface area contributed by atoms with Crippen molar-refractivity contribution in [1.29, 1.82) is 0 Å². The lowest BCUT2D eigenvalue weighted by molar-refractivity contribution is -0.135.